The minimum atomic E-state index is -3.61. The lowest BCUT2D eigenvalue weighted by Gasteiger charge is -2.07. The smallest absolute Gasteiger partial charge is 0.263 e. The van der Waals surface area contributed by atoms with E-state index in [-0.39, 0.29) is 11.4 Å². The third kappa shape index (κ3) is 2.52. The van der Waals surface area contributed by atoms with Gasteiger partial charge >= 0.3 is 0 Å². The first kappa shape index (κ1) is 12.6. The average Bonchev–Trinajstić information content (AvgIpc) is 2.76. The van der Waals surface area contributed by atoms with Crippen LogP contribution in [0.5, 0.6) is 0 Å². The molecule has 1 heterocycles. The normalized spacial score (nSPS) is 11.4. The summed E-state index contributed by atoms with van der Waals surface area (Å²) in [5.41, 5.74) is 7.09. The number of anilines is 1. The maximum atomic E-state index is 12.1. The lowest BCUT2D eigenvalue weighted by molar-refractivity contribution is 0.601. The van der Waals surface area contributed by atoms with Crippen LogP contribution in [0.25, 0.3) is 0 Å². The predicted molar refractivity (Wildman–Crippen MR) is 68.5 cm³/mol. The molecular weight excluding hydrogens is 252 g/mol. The number of H-pyrrole nitrogens is 1. The van der Waals surface area contributed by atoms with Crippen LogP contribution in [0.1, 0.15) is 11.1 Å². The monoisotopic (exact) mass is 266 g/mol. The summed E-state index contributed by atoms with van der Waals surface area (Å²) in [7, 11) is -3.61. The van der Waals surface area contributed by atoms with Crippen LogP contribution in [-0.2, 0) is 16.6 Å². The molecule has 0 bridgehead atoms. The van der Waals surface area contributed by atoms with Crippen molar-refractivity contribution in [3.63, 3.8) is 0 Å². The zero-order chi connectivity index (χ0) is 13.2. The van der Waals surface area contributed by atoms with Crippen LogP contribution >= 0.6 is 0 Å². The van der Waals surface area contributed by atoms with Crippen molar-refractivity contribution >= 4 is 15.8 Å². The molecule has 2 aromatic rings. The second-order valence-electron chi connectivity index (χ2n) is 3.89. The first-order chi connectivity index (χ1) is 8.53. The van der Waals surface area contributed by atoms with E-state index >= 15 is 0 Å². The fourth-order valence-electron chi connectivity index (χ4n) is 1.46. The van der Waals surface area contributed by atoms with Crippen molar-refractivity contribution < 1.29 is 8.42 Å². The van der Waals surface area contributed by atoms with Gasteiger partial charge in [-0.25, -0.2) is 8.42 Å². The van der Waals surface area contributed by atoms with Gasteiger partial charge in [-0.15, -0.1) is 0 Å². The molecule has 0 amide bonds. The Hall–Kier alpha value is -1.86. The van der Waals surface area contributed by atoms with E-state index in [1.165, 1.54) is 6.20 Å². The van der Waals surface area contributed by atoms with E-state index in [1.54, 1.807) is 24.3 Å². The number of sulfonamides is 1. The van der Waals surface area contributed by atoms with Crippen molar-refractivity contribution in [1.82, 2.24) is 10.2 Å². The van der Waals surface area contributed by atoms with E-state index in [2.05, 4.69) is 14.9 Å². The molecule has 0 spiro atoms. The van der Waals surface area contributed by atoms with Crippen LogP contribution in [0.15, 0.2) is 35.4 Å². The maximum Gasteiger partial charge on any atom is 0.263 e. The number of hydrogen-bond donors (Lipinski definition) is 3. The molecule has 2 rings (SSSR count). The minimum absolute atomic E-state index is 0.200. The molecule has 0 saturated heterocycles. The van der Waals surface area contributed by atoms with E-state index in [1.807, 2.05) is 6.92 Å². The Morgan fingerprint density at radius 1 is 1.33 bits per heavy atom. The average molecular weight is 266 g/mol. The third-order valence-electron chi connectivity index (χ3n) is 2.51. The number of nitrogens with zero attached hydrogens (tertiary/aromatic N) is 1. The van der Waals surface area contributed by atoms with Crippen LogP contribution in [0.2, 0.25) is 0 Å². The Balaban J connectivity index is 2.30. The van der Waals surface area contributed by atoms with Gasteiger partial charge in [0.25, 0.3) is 10.0 Å². The number of aryl methyl sites for hydroxylation is 1. The molecular formula is C11H14N4O2S. The van der Waals surface area contributed by atoms with E-state index < -0.39 is 10.0 Å². The Kier molecular flexibility index (Phi) is 3.35. The molecule has 0 aliphatic carbocycles. The van der Waals surface area contributed by atoms with E-state index in [4.69, 9.17) is 5.73 Å². The van der Waals surface area contributed by atoms with Gasteiger partial charge in [-0.3, -0.25) is 9.82 Å². The van der Waals surface area contributed by atoms with Crippen molar-refractivity contribution in [1.29, 1.82) is 0 Å². The first-order valence-electron chi connectivity index (χ1n) is 5.35. The van der Waals surface area contributed by atoms with Crippen LogP contribution in [0.3, 0.4) is 0 Å². The Morgan fingerprint density at radius 2 is 2.00 bits per heavy atom. The lowest BCUT2D eigenvalue weighted by Crippen LogP contribution is -2.15. The zero-order valence-corrected chi connectivity index (χ0v) is 10.7. The highest BCUT2D eigenvalue weighted by Gasteiger charge is 2.16. The highest BCUT2D eigenvalue weighted by molar-refractivity contribution is 7.92. The molecule has 7 heteroatoms. The topological polar surface area (TPSA) is 101 Å². The van der Waals surface area contributed by atoms with E-state index in [0.29, 0.717) is 11.4 Å². The molecule has 96 valence electrons. The first-order valence-corrected chi connectivity index (χ1v) is 6.83. The SMILES string of the molecule is Cc1ccc(S(=O)(=O)Nc2[nH]ncc2CN)cc1. The summed E-state index contributed by atoms with van der Waals surface area (Å²) in [5.74, 6) is 0.304. The van der Waals surface area contributed by atoms with Crippen molar-refractivity contribution in [2.24, 2.45) is 5.73 Å². The van der Waals surface area contributed by atoms with Crippen LogP contribution in [-0.4, -0.2) is 18.6 Å². The molecule has 0 fully saturated rings. The minimum Gasteiger partial charge on any atom is -0.326 e. The summed E-state index contributed by atoms with van der Waals surface area (Å²) in [4.78, 5) is 0.200. The molecule has 6 nitrogen and oxygen atoms in total. The Labute approximate surface area is 105 Å². The fourth-order valence-corrected chi connectivity index (χ4v) is 2.52. The number of hydrogen-bond acceptors (Lipinski definition) is 4. The number of aromatic nitrogens is 2. The Morgan fingerprint density at radius 3 is 2.61 bits per heavy atom. The Bertz CT molecular complexity index is 631. The van der Waals surface area contributed by atoms with Crippen molar-refractivity contribution in [2.75, 3.05) is 4.72 Å². The summed E-state index contributed by atoms with van der Waals surface area (Å²) in [6.07, 6.45) is 1.49. The number of rotatable bonds is 4. The quantitative estimate of drug-likeness (QED) is 0.767. The number of nitrogens with one attached hydrogen (secondary N) is 2. The van der Waals surface area contributed by atoms with E-state index in [0.717, 1.165) is 5.56 Å². The van der Waals surface area contributed by atoms with Gasteiger partial charge in [0, 0.05) is 12.1 Å². The second-order valence-corrected chi connectivity index (χ2v) is 5.58. The standard InChI is InChI=1S/C11H14N4O2S/c1-8-2-4-10(5-3-8)18(16,17)15-11-9(6-12)7-13-14-11/h2-5,7H,6,12H2,1H3,(H2,13,14,15). The van der Waals surface area contributed by atoms with E-state index in [9.17, 15) is 8.42 Å². The lowest BCUT2D eigenvalue weighted by atomic mass is 10.2. The molecule has 0 aliphatic rings. The van der Waals surface area contributed by atoms with Gasteiger partial charge in [-0.1, -0.05) is 17.7 Å². The summed E-state index contributed by atoms with van der Waals surface area (Å²) in [6.45, 7) is 2.10. The molecule has 0 atom stereocenters. The molecule has 1 aromatic heterocycles. The molecule has 0 unspecified atom stereocenters. The van der Waals surface area contributed by atoms with Crippen molar-refractivity contribution in [3.8, 4) is 0 Å². The van der Waals surface area contributed by atoms with Gasteiger partial charge in [0.1, 0.15) is 5.82 Å². The maximum absolute atomic E-state index is 12.1. The summed E-state index contributed by atoms with van der Waals surface area (Å²) in [5, 5.41) is 6.33. The zero-order valence-electron chi connectivity index (χ0n) is 9.84. The van der Waals surface area contributed by atoms with Crippen LogP contribution < -0.4 is 10.5 Å². The van der Waals surface area contributed by atoms with Gasteiger partial charge in [0.05, 0.1) is 11.1 Å². The van der Waals surface area contributed by atoms with Gasteiger partial charge < -0.3 is 5.73 Å². The number of nitrogens with two attached hydrogens (primary N) is 1. The van der Waals surface area contributed by atoms with Gasteiger partial charge in [0.15, 0.2) is 0 Å². The molecule has 1 aromatic carbocycles. The largest absolute Gasteiger partial charge is 0.326 e. The summed E-state index contributed by atoms with van der Waals surface area (Å²) >= 11 is 0. The molecule has 4 N–H and O–H groups in total. The second kappa shape index (κ2) is 4.79. The number of benzene rings is 1. The van der Waals surface area contributed by atoms with Gasteiger partial charge in [-0.05, 0) is 19.1 Å². The van der Waals surface area contributed by atoms with Gasteiger partial charge in [-0.2, -0.15) is 5.10 Å². The van der Waals surface area contributed by atoms with Crippen LogP contribution in [0.4, 0.5) is 5.82 Å². The van der Waals surface area contributed by atoms with Gasteiger partial charge in [0.2, 0.25) is 0 Å². The van der Waals surface area contributed by atoms with Crippen molar-refractivity contribution in [3.05, 3.63) is 41.6 Å². The molecule has 0 radical (unpaired) electrons. The summed E-state index contributed by atoms with van der Waals surface area (Å²) in [6, 6.07) is 6.59. The third-order valence-corrected chi connectivity index (χ3v) is 3.87. The molecule has 0 aliphatic heterocycles. The van der Waals surface area contributed by atoms with Crippen LogP contribution in [0, 0.1) is 6.92 Å². The predicted octanol–water partition coefficient (Wildman–Crippen LogP) is 0.978. The fraction of sp³-hybridized carbons (Fsp3) is 0.182. The van der Waals surface area contributed by atoms with Crippen molar-refractivity contribution in [2.45, 2.75) is 18.4 Å². The number of aromatic amines is 1. The highest BCUT2D eigenvalue weighted by atomic mass is 32.2. The molecule has 18 heavy (non-hydrogen) atoms. The summed E-state index contributed by atoms with van der Waals surface area (Å²) < 4.78 is 26.6. The molecule has 0 saturated carbocycles. The highest BCUT2D eigenvalue weighted by Crippen LogP contribution is 2.17.